The first-order valence-electron chi connectivity index (χ1n) is 10.4. The molecule has 1 amide bonds. The minimum absolute atomic E-state index is 0.0204. The van der Waals surface area contributed by atoms with Crippen LogP contribution in [0.4, 0.5) is 5.69 Å². The van der Waals surface area contributed by atoms with Gasteiger partial charge in [0.15, 0.2) is 5.76 Å². The van der Waals surface area contributed by atoms with E-state index >= 15 is 0 Å². The van der Waals surface area contributed by atoms with Crippen molar-refractivity contribution in [3.05, 3.63) is 70.5 Å². The van der Waals surface area contributed by atoms with Gasteiger partial charge in [-0.3, -0.25) is 4.79 Å². The van der Waals surface area contributed by atoms with Crippen LogP contribution in [0, 0.1) is 0 Å². The van der Waals surface area contributed by atoms with E-state index in [4.69, 9.17) is 16.0 Å². The van der Waals surface area contributed by atoms with Crippen molar-refractivity contribution in [3.63, 3.8) is 0 Å². The molecule has 0 fully saturated rings. The van der Waals surface area contributed by atoms with Crippen molar-refractivity contribution in [2.75, 3.05) is 11.4 Å². The number of anilines is 1. The first-order valence-corrected chi connectivity index (χ1v) is 10.8. The Morgan fingerprint density at radius 2 is 2.03 bits per heavy atom. The number of nitrogens with one attached hydrogen (secondary N) is 1. The minimum Gasteiger partial charge on any atom is -0.451 e. The maximum absolute atomic E-state index is 12.4. The topological polar surface area (TPSA) is 57.8 Å². The van der Waals surface area contributed by atoms with Crippen molar-refractivity contribution in [1.29, 1.82) is 0 Å². The number of nitrogens with zero attached hydrogens (tertiary/aromatic N) is 2. The Balaban J connectivity index is 1.52. The van der Waals surface area contributed by atoms with E-state index in [1.54, 1.807) is 30.5 Å². The summed E-state index contributed by atoms with van der Waals surface area (Å²) in [5.74, 6) is -0.218. The molecule has 0 bridgehead atoms. The number of fused-ring (bicyclic) bond motifs is 2. The second kappa shape index (κ2) is 8.23. The van der Waals surface area contributed by atoms with E-state index in [-0.39, 0.29) is 11.3 Å². The lowest BCUT2D eigenvalue weighted by molar-refractivity contribution is 0.0929. The van der Waals surface area contributed by atoms with Crippen molar-refractivity contribution >= 4 is 46.0 Å². The molecule has 1 N–H and O–H groups in total. The number of benzene rings is 2. The zero-order valence-corrected chi connectivity index (χ0v) is 19.0. The fourth-order valence-corrected chi connectivity index (χ4v) is 4.34. The molecule has 0 unspecified atom stereocenters. The van der Waals surface area contributed by atoms with Crippen LogP contribution >= 0.6 is 11.6 Å². The summed E-state index contributed by atoms with van der Waals surface area (Å²) in [6, 6.07) is 13.1. The number of carbonyl (C=O) groups is 1. The first-order chi connectivity index (χ1) is 14.8. The van der Waals surface area contributed by atoms with Crippen LogP contribution in [0.3, 0.4) is 0 Å². The zero-order chi connectivity index (χ0) is 22.2. The van der Waals surface area contributed by atoms with Crippen molar-refractivity contribution in [1.82, 2.24) is 5.43 Å². The highest BCUT2D eigenvalue weighted by atomic mass is 35.5. The number of rotatable bonds is 5. The van der Waals surface area contributed by atoms with Crippen LogP contribution in [0.15, 0.2) is 58.1 Å². The molecule has 0 atom stereocenters. The summed E-state index contributed by atoms with van der Waals surface area (Å²) in [6.07, 6.45) is 5.04. The molecule has 0 spiro atoms. The lowest BCUT2D eigenvalue weighted by atomic mass is 9.88. The molecule has 6 heteroatoms. The molecule has 4 rings (SSSR count). The molecule has 0 aliphatic carbocycles. The van der Waals surface area contributed by atoms with Gasteiger partial charge in [-0.15, -0.1) is 0 Å². The Labute approximate surface area is 187 Å². The summed E-state index contributed by atoms with van der Waals surface area (Å²) in [7, 11) is 0. The monoisotopic (exact) mass is 435 g/mol. The molecule has 1 aliphatic heterocycles. The van der Waals surface area contributed by atoms with E-state index < -0.39 is 5.91 Å². The molecule has 1 aromatic heterocycles. The van der Waals surface area contributed by atoms with Crippen LogP contribution in [0.25, 0.3) is 16.5 Å². The lowest BCUT2D eigenvalue weighted by Gasteiger charge is -2.43. The number of hydrogen-bond donors (Lipinski definition) is 1. The van der Waals surface area contributed by atoms with E-state index in [9.17, 15) is 4.79 Å². The van der Waals surface area contributed by atoms with Gasteiger partial charge in [0.05, 0.1) is 11.8 Å². The molecule has 5 nitrogen and oxygen atoms in total. The number of halogens is 1. The predicted octanol–water partition coefficient (Wildman–Crippen LogP) is 6.26. The minimum atomic E-state index is -0.409. The summed E-state index contributed by atoms with van der Waals surface area (Å²) in [6.45, 7) is 9.82. The Morgan fingerprint density at radius 1 is 1.23 bits per heavy atom. The normalized spacial score (nSPS) is 15.3. The van der Waals surface area contributed by atoms with Gasteiger partial charge in [-0.1, -0.05) is 30.7 Å². The molecular weight excluding hydrogens is 410 g/mol. The van der Waals surface area contributed by atoms with Crippen molar-refractivity contribution in [3.8, 4) is 0 Å². The summed E-state index contributed by atoms with van der Waals surface area (Å²) in [4.78, 5) is 14.8. The van der Waals surface area contributed by atoms with Crippen molar-refractivity contribution in [2.24, 2.45) is 5.10 Å². The Kier molecular flexibility index (Phi) is 5.63. The van der Waals surface area contributed by atoms with Gasteiger partial charge in [-0.05, 0) is 74.7 Å². The van der Waals surface area contributed by atoms with Crippen molar-refractivity contribution in [2.45, 2.75) is 39.7 Å². The fraction of sp³-hybridized carbons (Fsp3) is 0.280. The van der Waals surface area contributed by atoms with E-state index in [1.165, 1.54) is 16.8 Å². The summed E-state index contributed by atoms with van der Waals surface area (Å²) in [5.41, 5.74) is 7.70. The molecule has 160 valence electrons. The SMILES string of the molecule is CCCN1c2ccc(/C=N\NC(=O)c3cc4cc(Cl)ccc4o3)cc2C(C)=CC1(C)C. The Hall–Kier alpha value is -3.05. The van der Waals surface area contributed by atoms with Gasteiger partial charge in [0.1, 0.15) is 5.58 Å². The molecule has 2 heterocycles. The maximum Gasteiger partial charge on any atom is 0.307 e. The number of allylic oxidation sites excluding steroid dienone is 1. The Morgan fingerprint density at radius 3 is 2.81 bits per heavy atom. The predicted molar refractivity (Wildman–Crippen MR) is 128 cm³/mol. The third-order valence-corrected chi connectivity index (χ3v) is 5.77. The number of hydrazone groups is 1. The molecule has 31 heavy (non-hydrogen) atoms. The smallest absolute Gasteiger partial charge is 0.307 e. The van der Waals surface area contributed by atoms with Gasteiger partial charge >= 0.3 is 5.91 Å². The molecule has 1 aliphatic rings. The molecule has 0 saturated carbocycles. The highest BCUT2D eigenvalue weighted by Crippen LogP contribution is 2.39. The van der Waals surface area contributed by atoms with Crippen LogP contribution in [-0.4, -0.2) is 24.2 Å². The van der Waals surface area contributed by atoms with Crippen LogP contribution in [0.5, 0.6) is 0 Å². The second-order valence-electron chi connectivity index (χ2n) is 8.40. The first kappa shape index (κ1) is 21.2. The average molecular weight is 436 g/mol. The fourth-order valence-electron chi connectivity index (χ4n) is 4.16. The highest BCUT2D eigenvalue weighted by Gasteiger charge is 2.30. The van der Waals surface area contributed by atoms with Crippen LogP contribution in [-0.2, 0) is 0 Å². The van der Waals surface area contributed by atoms with Crippen molar-refractivity contribution < 1.29 is 9.21 Å². The summed E-state index contributed by atoms with van der Waals surface area (Å²) < 4.78 is 5.57. The van der Waals surface area contributed by atoms with Crippen LogP contribution < -0.4 is 10.3 Å². The second-order valence-corrected chi connectivity index (χ2v) is 8.84. The largest absolute Gasteiger partial charge is 0.451 e. The maximum atomic E-state index is 12.4. The zero-order valence-electron chi connectivity index (χ0n) is 18.2. The van der Waals surface area contributed by atoms with E-state index in [1.807, 2.05) is 6.07 Å². The van der Waals surface area contributed by atoms with E-state index in [2.05, 4.69) is 61.3 Å². The number of furan rings is 1. The van der Waals surface area contributed by atoms with Crippen LogP contribution in [0.2, 0.25) is 5.02 Å². The Bertz CT molecular complexity index is 1210. The average Bonchev–Trinajstić information content (AvgIpc) is 3.14. The molecule has 0 saturated heterocycles. The highest BCUT2D eigenvalue weighted by molar-refractivity contribution is 6.31. The quantitative estimate of drug-likeness (QED) is 0.380. The van der Waals surface area contributed by atoms with E-state index in [0.717, 1.165) is 23.9 Å². The van der Waals surface area contributed by atoms with Crippen LogP contribution in [0.1, 0.15) is 55.8 Å². The molecule has 2 aromatic carbocycles. The third-order valence-electron chi connectivity index (χ3n) is 5.53. The molecule has 3 aromatic rings. The van der Waals surface area contributed by atoms with Gasteiger partial charge in [-0.2, -0.15) is 5.10 Å². The summed E-state index contributed by atoms with van der Waals surface area (Å²) >= 11 is 5.99. The summed E-state index contributed by atoms with van der Waals surface area (Å²) in [5, 5.41) is 5.49. The van der Waals surface area contributed by atoms with Gasteiger partial charge in [0.25, 0.3) is 0 Å². The van der Waals surface area contributed by atoms with E-state index in [0.29, 0.717) is 10.6 Å². The number of carbonyl (C=O) groups excluding carboxylic acids is 1. The lowest BCUT2D eigenvalue weighted by Crippen LogP contribution is -2.45. The standard InChI is InChI=1S/C25H26ClN3O2/c1-5-10-29-21-8-6-17(11-20(21)16(2)14-25(29,3)4)15-27-28-24(30)23-13-18-12-19(26)7-9-22(18)31-23/h6-9,11-15H,5,10H2,1-4H3,(H,28,30)/b27-15-. The van der Waals surface area contributed by atoms with Gasteiger partial charge in [0.2, 0.25) is 0 Å². The van der Waals surface area contributed by atoms with Gasteiger partial charge in [0, 0.05) is 28.2 Å². The van der Waals surface area contributed by atoms with Gasteiger partial charge in [-0.25, -0.2) is 5.43 Å². The van der Waals surface area contributed by atoms with Gasteiger partial charge < -0.3 is 9.32 Å². The molecule has 0 radical (unpaired) electrons. The third kappa shape index (κ3) is 4.23. The molecular formula is C25H26ClN3O2. The number of hydrogen-bond acceptors (Lipinski definition) is 4. The number of amides is 1.